The van der Waals surface area contributed by atoms with Gasteiger partial charge >= 0.3 is 0 Å². The van der Waals surface area contributed by atoms with Crippen LogP contribution in [0.5, 0.6) is 0 Å². The SMILES string of the molecule is CCN(C)CC.CCN(C)CC.CCN(C)CC.CCN(C)CC.[Zr]. The molecule has 0 aliphatic rings. The Morgan fingerprint density at radius 2 is 0.400 bits per heavy atom. The Morgan fingerprint density at radius 3 is 0.400 bits per heavy atom. The summed E-state index contributed by atoms with van der Waals surface area (Å²) in [6.45, 7) is 26.6. The number of nitrogens with zero attached hydrogens (tertiary/aromatic N) is 4. The molecule has 4 nitrogen and oxygen atoms in total. The van der Waals surface area contributed by atoms with Gasteiger partial charge in [-0.2, -0.15) is 0 Å². The molecule has 0 aromatic carbocycles. The second kappa shape index (κ2) is 32.4. The Labute approximate surface area is 181 Å². The standard InChI is InChI=1S/4C5H13N.Zr/c4*1-4-6(3)5-2;/h4*4-5H2,1-3H3;. The van der Waals surface area contributed by atoms with Gasteiger partial charge in [0, 0.05) is 26.2 Å². The van der Waals surface area contributed by atoms with E-state index in [0.29, 0.717) is 0 Å². The predicted octanol–water partition coefficient (Wildman–Crippen LogP) is 3.83. The van der Waals surface area contributed by atoms with Crippen LogP contribution in [-0.2, 0) is 26.2 Å². The molecule has 0 N–H and O–H groups in total. The van der Waals surface area contributed by atoms with E-state index in [1.807, 2.05) is 0 Å². The molecular weight excluding hydrogens is 387 g/mol. The van der Waals surface area contributed by atoms with Gasteiger partial charge in [-0.15, -0.1) is 0 Å². The van der Waals surface area contributed by atoms with Crippen LogP contribution in [0.25, 0.3) is 0 Å². The van der Waals surface area contributed by atoms with Crippen LogP contribution in [0.1, 0.15) is 55.4 Å². The van der Waals surface area contributed by atoms with E-state index in [-0.39, 0.29) is 26.2 Å². The third-order valence-electron chi connectivity index (χ3n) is 4.32. The summed E-state index contributed by atoms with van der Waals surface area (Å²) in [5, 5.41) is 0. The van der Waals surface area contributed by atoms with Gasteiger partial charge in [-0.1, -0.05) is 55.4 Å². The molecule has 0 aliphatic heterocycles. The Kier molecular flexibility index (Phi) is 47.4. The smallest absolute Gasteiger partial charge is 0 e. The fourth-order valence-electron chi connectivity index (χ4n) is 0.894. The molecule has 0 radical (unpaired) electrons. The van der Waals surface area contributed by atoms with Gasteiger partial charge in [0.2, 0.25) is 0 Å². The van der Waals surface area contributed by atoms with Crippen LogP contribution < -0.4 is 0 Å². The molecule has 0 aromatic rings. The zero-order chi connectivity index (χ0) is 20.0. The van der Waals surface area contributed by atoms with Crippen LogP contribution in [0, 0.1) is 0 Å². The van der Waals surface area contributed by atoms with Crippen molar-refractivity contribution in [2.24, 2.45) is 0 Å². The number of rotatable bonds is 8. The first-order chi connectivity index (χ1) is 11.2. The molecule has 0 saturated carbocycles. The molecule has 0 bridgehead atoms. The van der Waals surface area contributed by atoms with E-state index < -0.39 is 0 Å². The van der Waals surface area contributed by atoms with E-state index in [4.69, 9.17) is 0 Å². The Balaban J connectivity index is -0.0000000702. The van der Waals surface area contributed by atoms with Crippen molar-refractivity contribution in [3.05, 3.63) is 0 Å². The zero-order valence-electron chi connectivity index (χ0n) is 19.9. The molecule has 0 saturated heterocycles. The average molecular weight is 440 g/mol. The molecule has 0 fully saturated rings. The van der Waals surface area contributed by atoms with Crippen molar-refractivity contribution in [1.82, 2.24) is 19.6 Å². The Bertz CT molecular complexity index is 139. The zero-order valence-corrected chi connectivity index (χ0v) is 22.4. The van der Waals surface area contributed by atoms with Crippen molar-refractivity contribution in [2.45, 2.75) is 55.4 Å². The molecule has 0 rings (SSSR count). The minimum atomic E-state index is 0. The summed E-state index contributed by atoms with van der Waals surface area (Å²) in [7, 11) is 8.44. The van der Waals surface area contributed by atoms with Gasteiger partial charge in [0.1, 0.15) is 0 Å². The van der Waals surface area contributed by atoms with E-state index in [1.165, 1.54) is 0 Å². The van der Waals surface area contributed by atoms with Crippen molar-refractivity contribution in [3.63, 3.8) is 0 Å². The number of hydrogen-bond acceptors (Lipinski definition) is 4. The quantitative estimate of drug-likeness (QED) is 0.570. The van der Waals surface area contributed by atoms with Gasteiger partial charge < -0.3 is 19.6 Å². The summed E-state index contributed by atoms with van der Waals surface area (Å²) in [6, 6.07) is 0. The van der Waals surface area contributed by atoms with Crippen LogP contribution in [-0.4, -0.2) is 100 Å². The molecular formula is C20H52N4Zr. The van der Waals surface area contributed by atoms with Crippen molar-refractivity contribution >= 4 is 0 Å². The van der Waals surface area contributed by atoms with Crippen LogP contribution in [0.4, 0.5) is 0 Å². The van der Waals surface area contributed by atoms with E-state index >= 15 is 0 Å². The summed E-state index contributed by atoms with van der Waals surface area (Å²) >= 11 is 0. The second-order valence-electron chi connectivity index (χ2n) is 5.95. The topological polar surface area (TPSA) is 13.0 Å². The average Bonchev–Trinajstić information content (AvgIpc) is 2.66. The summed E-state index contributed by atoms with van der Waals surface area (Å²) in [6.07, 6.45) is 0. The summed E-state index contributed by atoms with van der Waals surface area (Å²) in [5.41, 5.74) is 0. The fraction of sp³-hybridized carbons (Fsp3) is 1.00. The van der Waals surface area contributed by atoms with Gasteiger partial charge in [0.25, 0.3) is 0 Å². The molecule has 156 valence electrons. The largest absolute Gasteiger partial charge is 0.307 e. The fourth-order valence-corrected chi connectivity index (χ4v) is 0.894. The molecule has 0 aliphatic carbocycles. The normalized spacial score (nSPS) is 9.60. The van der Waals surface area contributed by atoms with Gasteiger partial charge in [-0.25, -0.2) is 0 Å². The minimum absolute atomic E-state index is 0. The molecule has 0 spiro atoms. The molecule has 0 atom stereocenters. The second-order valence-corrected chi connectivity index (χ2v) is 5.95. The number of hydrogen-bond donors (Lipinski definition) is 0. The molecule has 0 heterocycles. The maximum absolute atomic E-state index is 2.25. The predicted molar refractivity (Wildman–Crippen MR) is 115 cm³/mol. The van der Waals surface area contributed by atoms with Crippen molar-refractivity contribution in [2.75, 3.05) is 80.5 Å². The first kappa shape index (κ1) is 36.6. The summed E-state index contributed by atoms with van der Waals surface area (Å²) < 4.78 is 0. The Morgan fingerprint density at radius 1 is 0.320 bits per heavy atom. The third-order valence-corrected chi connectivity index (χ3v) is 4.32. The van der Waals surface area contributed by atoms with E-state index in [1.54, 1.807) is 0 Å². The molecule has 25 heavy (non-hydrogen) atoms. The third kappa shape index (κ3) is 45.6. The molecule has 0 unspecified atom stereocenters. The summed E-state index contributed by atoms with van der Waals surface area (Å²) in [5.74, 6) is 0. The van der Waals surface area contributed by atoms with Crippen molar-refractivity contribution in [3.8, 4) is 0 Å². The first-order valence-corrected chi connectivity index (χ1v) is 9.98. The minimum Gasteiger partial charge on any atom is -0.307 e. The Hall–Kier alpha value is 0.723. The van der Waals surface area contributed by atoms with E-state index in [2.05, 4.69) is 103 Å². The monoisotopic (exact) mass is 438 g/mol. The van der Waals surface area contributed by atoms with Crippen LogP contribution >= 0.6 is 0 Å². The molecule has 5 heteroatoms. The maximum Gasteiger partial charge on any atom is 0 e. The van der Waals surface area contributed by atoms with E-state index in [0.717, 1.165) is 52.4 Å². The molecule has 0 aromatic heterocycles. The first-order valence-electron chi connectivity index (χ1n) is 9.98. The van der Waals surface area contributed by atoms with Crippen LogP contribution in [0.15, 0.2) is 0 Å². The van der Waals surface area contributed by atoms with Crippen molar-refractivity contribution in [1.29, 1.82) is 0 Å². The van der Waals surface area contributed by atoms with E-state index in [9.17, 15) is 0 Å². The van der Waals surface area contributed by atoms with Crippen LogP contribution in [0.2, 0.25) is 0 Å². The maximum atomic E-state index is 2.25. The van der Waals surface area contributed by atoms with Gasteiger partial charge in [0.05, 0.1) is 0 Å². The van der Waals surface area contributed by atoms with Crippen LogP contribution in [0.3, 0.4) is 0 Å². The van der Waals surface area contributed by atoms with Gasteiger partial charge in [-0.05, 0) is 80.5 Å². The molecule has 0 amide bonds. The summed E-state index contributed by atoms with van der Waals surface area (Å²) in [4.78, 5) is 9.00. The van der Waals surface area contributed by atoms with Crippen molar-refractivity contribution < 1.29 is 26.2 Å². The van der Waals surface area contributed by atoms with Gasteiger partial charge in [0.15, 0.2) is 0 Å². The van der Waals surface area contributed by atoms with Gasteiger partial charge in [-0.3, -0.25) is 0 Å².